The van der Waals surface area contributed by atoms with Gasteiger partial charge in [-0.05, 0) is 19.1 Å². The first-order chi connectivity index (χ1) is 7.61. The topological polar surface area (TPSA) is 74.5 Å². The van der Waals surface area contributed by atoms with Gasteiger partial charge in [0.05, 0.1) is 24.3 Å². The minimum Gasteiger partial charge on any atom is -0.481 e. The standard InChI is InChI=1S/C11H16N2O3/c1-8(9-3-2-4-16-9)13-11(5-10(14)15)6-12-7-11/h2-4,8,12-13H,5-7H2,1H3,(H,14,15)/t8-/m1/s1. The molecule has 0 bridgehead atoms. The van der Waals surface area contributed by atoms with E-state index in [1.807, 2.05) is 19.1 Å². The van der Waals surface area contributed by atoms with Gasteiger partial charge in [-0.2, -0.15) is 0 Å². The van der Waals surface area contributed by atoms with Crippen LogP contribution in [-0.2, 0) is 4.79 Å². The zero-order valence-electron chi connectivity index (χ0n) is 9.19. The molecule has 0 spiro atoms. The lowest BCUT2D eigenvalue weighted by molar-refractivity contribution is -0.139. The molecule has 1 aromatic rings. The highest BCUT2D eigenvalue weighted by atomic mass is 16.4. The van der Waals surface area contributed by atoms with Crippen LogP contribution in [0.3, 0.4) is 0 Å². The molecule has 1 fully saturated rings. The molecule has 1 saturated heterocycles. The van der Waals surface area contributed by atoms with Crippen molar-refractivity contribution < 1.29 is 14.3 Å². The lowest BCUT2D eigenvalue weighted by atomic mass is 9.87. The second kappa shape index (κ2) is 4.27. The van der Waals surface area contributed by atoms with Crippen LogP contribution in [0.5, 0.6) is 0 Å². The monoisotopic (exact) mass is 224 g/mol. The average Bonchev–Trinajstić information content (AvgIpc) is 2.66. The van der Waals surface area contributed by atoms with Crippen LogP contribution in [0.2, 0.25) is 0 Å². The summed E-state index contributed by atoms with van der Waals surface area (Å²) in [5.41, 5.74) is -0.335. The molecule has 0 amide bonds. The second-order valence-electron chi connectivity index (χ2n) is 4.34. The number of carbonyl (C=O) groups is 1. The zero-order valence-corrected chi connectivity index (χ0v) is 9.19. The Bertz CT molecular complexity index is 357. The van der Waals surface area contributed by atoms with Gasteiger partial charge >= 0.3 is 5.97 Å². The molecule has 88 valence electrons. The number of rotatable bonds is 5. The lowest BCUT2D eigenvalue weighted by Crippen LogP contribution is -2.68. The van der Waals surface area contributed by atoms with Gasteiger partial charge in [-0.25, -0.2) is 0 Å². The van der Waals surface area contributed by atoms with Crippen molar-refractivity contribution in [1.29, 1.82) is 0 Å². The molecule has 0 saturated carbocycles. The van der Waals surface area contributed by atoms with E-state index in [-0.39, 0.29) is 18.0 Å². The number of hydrogen-bond donors (Lipinski definition) is 3. The fraction of sp³-hybridized carbons (Fsp3) is 0.545. The molecule has 0 unspecified atom stereocenters. The Balaban J connectivity index is 1.99. The largest absolute Gasteiger partial charge is 0.481 e. The first-order valence-electron chi connectivity index (χ1n) is 5.35. The minimum atomic E-state index is -0.777. The molecule has 1 atom stereocenters. The van der Waals surface area contributed by atoms with Gasteiger partial charge in [-0.15, -0.1) is 0 Å². The van der Waals surface area contributed by atoms with Gasteiger partial charge in [0.2, 0.25) is 0 Å². The normalized spacial score (nSPS) is 20.1. The quantitative estimate of drug-likeness (QED) is 0.688. The van der Waals surface area contributed by atoms with Crippen LogP contribution < -0.4 is 10.6 Å². The van der Waals surface area contributed by atoms with Gasteiger partial charge in [0, 0.05) is 13.1 Å². The van der Waals surface area contributed by atoms with Gasteiger partial charge in [-0.3, -0.25) is 10.1 Å². The summed E-state index contributed by atoms with van der Waals surface area (Å²) < 4.78 is 5.28. The highest BCUT2D eigenvalue weighted by Gasteiger charge is 2.40. The first-order valence-corrected chi connectivity index (χ1v) is 5.35. The van der Waals surface area contributed by atoms with Gasteiger partial charge in [0.15, 0.2) is 0 Å². The Morgan fingerprint density at radius 3 is 2.94 bits per heavy atom. The third-order valence-electron chi connectivity index (χ3n) is 2.91. The van der Waals surface area contributed by atoms with Crippen LogP contribution in [0.15, 0.2) is 22.8 Å². The number of aliphatic carboxylic acids is 1. The highest BCUT2D eigenvalue weighted by molar-refractivity contribution is 5.68. The smallest absolute Gasteiger partial charge is 0.305 e. The molecular formula is C11H16N2O3. The van der Waals surface area contributed by atoms with E-state index in [4.69, 9.17) is 9.52 Å². The number of nitrogens with one attached hydrogen (secondary N) is 2. The van der Waals surface area contributed by atoms with E-state index in [2.05, 4.69) is 10.6 Å². The van der Waals surface area contributed by atoms with Crippen LogP contribution in [0.25, 0.3) is 0 Å². The molecule has 0 aromatic carbocycles. The Morgan fingerprint density at radius 1 is 1.75 bits per heavy atom. The molecule has 1 aromatic heterocycles. The maximum absolute atomic E-state index is 10.8. The summed E-state index contributed by atoms with van der Waals surface area (Å²) in [6.45, 7) is 3.34. The van der Waals surface area contributed by atoms with E-state index in [0.29, 0.717) is 13.1 Å². The molecule has 5 heteroatoms. The predicted octanol–water partition coefficient (Wildman–Crippen LogP) is 0.747. The third-order valence-corrected chi connectivity index (χ3v) is 2.91. The number of carboxylic acids is 1. The van der Waals surface area contributed by atoms with Crippen LogP contribution in [0.1, 0.15) is 25.1 Å². The Morgan fingerprint density at radius 2 is 2.50 bits per heavy atom. The van der Waals surface area contributed by atoms with Crippen LogP contribution in [0, 0.1) is 0 Å². The lowest BCUT2D eigenvalue weighted by Gasteiger charge is -2.44. The summed E-state index contributed by atoms with van der Waals surface area (Å²) >= 11 is 0. The molecule has 2 rings (SSSR count). The van der Waals surface area contributed by atoms with Crippen molar-refractivity contribution >= 4 is 5.97 Å². The molecule has 16 heavy (non-hydrogen) atoms. The number of carboxylic acid groups (broad SMARTS) is 1. The van der Waals surface area contributed by atoms with Gasteiger partial charge in [0.25, 0.3) is 0 Å². The SMILES string of the molecule is C[C@@H](NC1(CC(=O)O)CNC1)c1ccco1. The third kappa shape index (κ3) is 2.25. The van der Waals surface area contributed by atoms with E-state index < -0.39 is 5.97 Å². The predicted molar refractivity (Wildman–Crippen MR) is 58.1 cm³/mol. The molecule has 0 radical (unpaired) electrons. The summed E-state index contributed by atoms with van der Waals surface area (Å²) in [6, 6.07) is 3.74. The van der Waals surface area contributed by atoms with Crippen molar-refractivity contribution in [3.8, 4) is 0 Å². The molecule has 5 nitrogen and oxygen atoms in total. The second-order valence-corrected chi connectivity index (χ2v) is 4.34. The van der Waals surface area contributed by atoms with Crippen molar-refractivity contribution in [3.63, 3.8) is 0 Å². The molecular weight excluding hydrogens is 208 g/mol. The van der Waals surface area contributed by atoms with E-state index in [0.717, 1.165) is 5.76 Å². The van der Waals surface area contributed by atoms with Crippen molar-refractivity contribution in [3.05, 3.63) is 24.2 Å². The summed E-state index contributed by atoms with van der Waals surface area (Å²) in [6.07, 6.45) is 1.75. The first kappa shape index (κ1) is 11.2. The number of hydrogen-bond acceptors (Lipinski definition) is 4. The Hall–Kier alpha value is -1.33. The van der Waals surface area contributed by atoms with Crippen molar-refractivity contribution in [2.75, 3.05) is 13.1 Å². The van der Waals surface area contributed by atoms with Gasteiger partial charge in [-0.1, -0.05) is 0 Å². The molecule has 0 aliphatic carbocycles. The van der Waals surface area contributed by atoms with Crippen LogP contribution in [-0.4, -0.2) is 29.7 Å². The summed E-state index contributed by atoms with van der Waals surface area (Å²) in [7, 11) is 0. The Labute approximate surface area is 93.8 Å². The van der Waals surface area contributed by atoms with Crippen LogP contribution >= 0.6 is 0 Å². The van der Waals surface area contributed by atoms with Gasteiger partial charge < -0.3 is 14.8 Å². The van der Waals surface area contributed by atoms with E-state index >= 15 is 0 Å². The van der Waals surface area contributed by atoms with E-state index in [1.54, 1.807) is 6.26 Å². The number of furan rings is 1. The van der Waals surface area contributed by atoms with E-state index in [9.17, 15) is 4.79 Å². The average molecular weight is 224 g/mol. The maximum Gasteiger partial charge on any atom is 0.305 e. The van der Waals surface area contributed by atoms with Crippen molar-refractivity contribution in [2.45, 2.75) is 24.9 Å². The van der Waals surface area contributed by atoms with Crippen molar-refractivity contribution in [2.24, 2.45) is 0 Å². The summed E-state index contributed by atoms with van der Waals surface area (Å²) in [5.74, 6) is 0.0531. The minimum absolute atomic E-state index is 0.0245. The highest BCUT2D eigenvalue weighted by Crippen LogP contribution is 2.22. The zero-order chi connectivity index (χ0) is 11.6. The Kier molecular flexibility index (Phi) is 2.98. The van der Waals surface area contributed by atoms with Crippen LogP contribution in [0.4, 0.5) is 0 Å². The molecule has 2 heterocycles. The fourth-order valence-corrected chi connectivity index (χ4v) is 2.06. The molecule has 3 N–H and O–H groups in total. The molecule has 1 aliphatic heterocycles. The molecule has 1 aliphatic rings. The van der Waals surface area contributed by atoms with Crippen molar-refractivity contribution in [1.82, 2.24) is 10.6 Å². The maximum atomic E-state index is 10.8. The summed E-state index contributed by atoms with van der Waals surface area (Å²) in [5, 5.41) is 15.3. The summed E-state index contributed by atoms with van der Waals surface area (Å²) in [4.78, 5) is 10.8. The fourth-order valence-electron chi connectivity index (χ4n) is 2.06. The van der Waals surface area contributed by atoms with E-state index in [1.165, 1.54) is 0 Å². The van der Waals surface area contributed by atoms with Gasteiger partial charge in [0.1, 0.15) is 5.76 Å².